The molecule has 0 spiro atoms. The maximum atomic E-state index is 5.93. The maximum Gasteiger partial charge on any atom is 0.0426 e. The van der Waals surface area contributed by atoms with Gasteiger partial charge >= 0.3 is 0 Å². The molecule has 2 rings (SSSR count). The number of rotatable bonds is 2. The molecule has 0 radical (unpaired) electrons. The third kappa shape index (κ3) is 2.21. The van der Waals surface area contributed by atoms with Gasteiger partial charge in [-0.25, -0.2) is 0 Å². The minimum atomic E-state index is 0.633. The smallest absolute Gasteiger partial charge is 0.0426 e. The van der Waals surface area contributed by atoms with Crippen molar-refractivity contribution < 1.29 is 0 Å². The number of halogens is 1. The molecule has 1 saturated carbocycles. The first-order valence-corrected chi connectivity index (χ1v) is 5.65. The molecule has 2 atom stereocenters. The highest BCUT2D eigenvalue weighted by atomic mass is 35.5. The predicted molar refractivity (Wildman–Crippen MR) is 61.9 cm³/mol. The summed E-state index contributed by atoms with van der Waals surface area (Å²) in [5, 5.41) is 4.35. The van der Waals surface area contributed by atoms with Gasteiger partial charge in [-0.05, 0) is 37.0 Å². The van der Waals surface area contributed by atoms with Gasteiger partial charge in [0, 0.05) is 16.8 Å². The van der Waals surface area contributed by atoms with E-state index in [0.717, 1.165) is 16.6 Å². The van der Waals surface area contributed by atoms with E-state index in [1.54, 1.807) is 0 Å². The molecule has 1 aliphatic rings. The second kappa shape index (κ2) is 4.22. The molecule has 0 aliphatic heterocycles. The van der Waals surface area contributed by atoms with Crippen LogP contribution in [0.25, 0.3) is 0 Å². The molecule has 1 N–H and O–H groups in total. The van der Waals surface area contributed by atoms with Gasteiger partial charge in [0.1, 0.15) is 0 Å². The Kier molecular flexibility index (Phi) is 2.97. The van der Waals surface area contributed by atoms with Gasteiger partial charge in [-0.1, -0.05) is 31.0 Å². The molecule has 0 amide bonds. The molecular formula is C12H16ClN. The van der Waals surface area contributed by atoms with E-state index in [1.807, 2.05) is 18.2 Å². The van der Waals surface area contributed by atoms with Crippen molar-refractivity contribution >= 4 is 17.3 Å². The van der Waals surface area contributed by atoms with E-state index >= 15 is 0 Å². The highest BCUT2D eigenvalue weighted by molar-refractivity contribution is 6.30. The van der Waals surface area contributed by atoms with E-state index in [-0.39, 0.29) is 0 Å². The van der Waals surface area contributed by atoms with Crippen LogP contribution in [-0.4, -0.2) is 6.04 Å². The molecule has 2 heteroatoms. The Morgan fingerprint density at radius 1 is 1.36 bits per heavy atom. The summed E-state index contributed by atoms with van der Waals surface area (Å²) >= 11 is 5.93. The summed E-state index contributed by atoms with van der Waals surface area (Å²) in [7, 11) is 0. The van der Waals surface area contributed by atoms with Crippen LogP contribution >= 0.6 is 11.6 Å². The van der Waals surface area contributed by atoms with Crippen LogP contribution in [0.15, 0.2) is 24.3 Å². The minimum absolute atomic E-state index is 0.633. The lowest BCUT2D eigenvalue weighted by atomic mass is 10.1. The molecule has 0 aromatic heterocycles. The van der Waals surface area contributed by atoms with Crippen molar-refractivity contribution in [3.05, 3.63) is 29.3 Å². The van der Waals surface area contributed by atoms with Crippen LogP contribution in [0, 0.1) is 5.92 Å². The van der Waals surface area contributed by atoms with E-state index < -0.39 is 0 Å². The van der Waals surface area contributed by atoms with Crippen molar-refractivity contribution in [2.45, 2.75) is 32.2 Å². The second-order valence-electron chi connectivity index (χ2n) is 4.17. The van der Waals surface area contributed by atoms with Crippen molar-refractivity contribution in [1.29, 1.82) is 0 Å². The third-order valence-corrected chi connectivity index (χ3v) is 3.27. The Hall–Kier alpha value is -0.690. The first kappa shape index (κ1) is 9.85. The lowest BCUT2D eigenvalue weighted by molar-refractivity contribution is 0.556. The lowest BCUT2D eigenvalue weighted by Crippen LogP contribution is -2.21. The minimum Gasteiger partial charge on any atom is -0.382 e. The first-order chi connectivity index (χ1) is 6.75. The Balaban J connectivity index is 2.03. The summed E-state index contributed by atoms with van der Waals surface area (Å²) in [5.41, 5.74) is 1.15. The molecule has 14 heavy (non-hydrogen) atoms. The van der Waals surface area contributed by atoms with Crippen LogP contribution in [0.5, 0.6) is 0 Å². The van der Waals surface area contributed by atoms with Gasteiger partial charge in [0.25, 0.3) is 0 Å². The second-order valence-corrected chi connectivity index (χ2v) is 4.61. The van der Waals surface area contributed by atoms with Crippen molar-refractivity contribution in [2.24, 2.45) is 5.92 Å². The monoisotopic (exact) mass is 209 g/mol. The maximum absolute atomic E-state index is 5.93. The van der Waals surface area contributed by atoms with E-state index in [9.17, 15) is 0 Å². The molecule has 1 fully saturated rings. The summed E-state index contributed by atoms with van der Waals surface area (Å²) in [6.45, 7) is 2.31. The summed E-state index contributed by atoms with van der Waals surface area (Å²) in [5.74, 6) is 0.786. The highest BCUT2D eigenvalue weighted by Gasteiger charge is 2.22. The summed E-state index contributed by atoms with van der Waals surface area (Å²) in [6.07, 6.45) is 3.98. The molecule has 1 aliphatic carbocycles. The van der Waals surface area contributed by atoms with Gasteiger partial charge in [0.2, 0.25) is 0 Å². The average molecular weight is 210 g/mol. The number of benzene rings is 1. The Morgan fingerprint density at radius 2 is 2.21 bits per heavy atom. The van der Waals surface area contributed by atoms with E-state index in [0.29, 0.717) is 6.04 Å². The normalized spacial score (nSPS) is 26.4. The van der Waals surface area contributed by atoms with Gasteiger partial charge in [0.05, 0.1) is 0 Å². The third-order valence-electron chi connectivity index (χ3n) is 3.04. The summed E-state index contributed by atoms with van der Waals surface area (Å²) < 4.78 is 0. The van der Waals surface area contributed by atoms with Crippen molar-refractivity contribution in [1.82, 2.24) is 0 Å². The summed E-state index contributed by atoms with van der Waals surface area (Å²) in [4.78, 5) is 0. The van der Waals surface area contributed by atoms with Crippen molar-refractivity contribution in [3.63, 3.8) is 0 Å². The van der Waals surface area contributed by atoms with Crippen LogP contribution in [0.3, 0.4) is 0 Å². The molecule has 0 saturated heterocycles. The van der Waals surface area contributed by atoms with Crippen LogP contribution < -0.4 is 5.32 Å². The van der Waals surface area contributed by atoms with Crippen molar-refractivity contribution in [2.75, 3.05) is 5.32 Å². The number of hydrogen-bond donors (Lipinski definition) is 1. The molecule has 1 aromatic rings. The van der Waals surface area contributed by atoms with Crippen LogP contribution in [0.2, 0.25) is 5.02 Å². The van der Waals surface area contributed by atoms with E-state index in [2.05, 4.69) is 18.3 Å². The average Bonchev–Trinajstić information content (AvgIpc) is 2.52. The standard InChI is InChI=1S/C12H16ClN/c1-9-4-2-7-12(9)14-11-6-3-5-10(13)8-11/h3,5-6,8-9,12,14H,2,4,7H2,1H3. The molecule has 0 bridgehead atoms. The molecular weight excluding hydrogens is 194 g/mol. The zero-order valence-corrected chi connectivity index (χ0v) is 9.22. The fourth-order valence-corrected chi connectivity index (χ4v) is 2.34. The van der Waals surface area contributed by atoms with Crippen LogP contribution in [-0.2, 0) is 0 Å². The van der Waals surface area contributed by atoms with Crippen LogP contribution in [0.4, 0.5) is 5.69 Å². The topological polar surface area (TPSA) is 12.0 Å². The molecule has 1 nitrogen and oxygen atoms in total. The molecule has 2 unspecified atom stereocenters. The molecule has 76 valence electrons. The van der Waals surface area contributed by atoms with E-state index in [1.165, 1.54) is 19.3 Å². The van der Waals surface area contributed by atoms with Gasteiger partial charge in [-0.15, -0.1) is 0 Å². The molecule has 1 aromatic carbocycles. The largest absolute Gasteiger partial charge is 0.382 e. The van der Waals surface area contributed by atoms with Gasteiger partial charge in [-0.2, -0.15) is 0 Å². The number of nitrogens with one attached hydrogen (secondary N) is 1. The molecule has 0 heterocycles. The quantitative estimate of drug-likeness (QED) is 0.778. The Morgan fingerprint density at radius 3 is 2.86 bits per heavy atom. The number of anilines is 1. The van der Waals surface area contributed by atoms with Crippen molar-refractivity contribution in [3.8, 4) is 0 Å². The zero-order valence-electron chi connectivity index (χ0n) is 8.46. The van der Waals surface area contributed by atoms with Gasteiger partial charge in [0.15, 0.2) is 0 Å². The predicted octanol–water partition coefficient (Wildman–Crippen LogP) is 3.94. The van der Waals surface area contributed by atoms with Gasteiger partial charge in [-0.3, -0.25) is 0 Å². The van der Waals surface area contributed by atoms with E-state index in [4.69, 9.17) is 11.6 Å². The Labute approximate surface area is 90.5 Å². The first-order valence-electron chi connectivity index (χ1n) is 5.28. The highest BCUT2D eigenvalue weighted by Crippen LogP contribution is 2.28. The number of hydrogen-bond acceptors (Lipinski definition) is 1. The zero-order chi connectivity index (χ0) is 9.97. The fourth-order valence-electron chi connectivity index (χ4n) is 2.15. The lowest BCUT2D eigenvalue weighted by Gasteiger charge is -2.18. The van der Waals surface area contributed by atoms with Crippen LogP contribution in [0.1, 0.15) is 26.2 Å². The SMILES string of the molecule is CC1CCCC1Nc1cccc(Cl)c1. The fraction of sp³-hybridized carbons (Fsp3) is 0.500. The Bertz CT molecular complexity index is 311. The van der Waals surface area contributed by atoms with Gasteiger partial charge < -0.3 is 5.32 Å². The summed E-state index contributed by atoms with van der Waals surface area (Å²) in [6, 6.07) is 8.60.